The number of halogens is 1. The minimum atomic E-state index is -0.802. The number of ether oxygens (including phenoxy) is 2. The monoisotopic (exact) mass is 591 g/mol. The minimum Gasteiger partial charge on any atom is -0.443 e. The first-order valence-electron chi connectivity index (χ1n) is 12.3. The lowest BCUT2D eigenvalue weighted by molar-refractivity contribution is 0.0151. The lowest BCUT2D eigenvalue weighted by atomic mass is 9.78. The van der Waals surface area contributed by atoms with Crippen molar-refractivity contribution in [3.8, 4) is 0 Å². The van der Waals surface area contributed by atoms with Gasteiger partial charge in [0.25, 0.3) is 0 Å². The molecule has 0 radical (unpaired) electrons. The highest BCUT2D eigenvalue weighted by atomic mass is 79.9. The second kappa shape index (κ2) is 10.4. The van der Waals surface area contributed by atoms with Crippen molar-refractivity contribution in [1.82, 2.24) is 14.9 Å². The van der Waals surface area contributed by atoms with Crippen LogP contribution in [0.1, 0.15) is 54.4 Å². The third-order valence-electron chi connectivity index (χ3n) is 6.09. The molecule has 2 amide bonds. The molecule has 0 bridgehead atoms. The van der Waals surface area contributed by atoms with Crippen molar-refractivity contribution in [1.29, 1.82) is 0 Å². The van der Waals surface area contributed by atoms with E-state index in [1.807, 2.05) is 0 Å². The van der Waals surface area contributed by atoms with Crippen LogP contribution in [0.4, 0.5) is 15.4 Å². The van der Waals surface area contributed by atoms with Gasteiger partial charge in [0.15, 0.2) is 5.17 Å². The smallest absolute Gasteiger partial charge is 0.426 e. The quantitative estimate of drug-likeness (QED) is 0.417. The van der Waals surface area contributed by atoms with E-state index in [-0.39, 0.29) is 11.1 Å². The van der Waals surface area contributed by atoms with E-state index in [0.717, 1.165) is 40.2 Å². The number of carbonyl (C=O) groups is 2. The van der Waals surface area contributed by atoms with Gasteiger partial charge in [-0.05, 0) is 66.0 Å². The molecule has 200 valence electrons. The van der Waals surface area contributed by atoms with E-state index in [0.29, 0.717) is 12.3 Å². The summed E-state index contributed by atoms with van der Waals surface area (Å²) in [7, 11) is 0. The van der Waals surface area contributed by atoms with Crippen LogP contribution in [0.5, 0.6) is 0 Å². The van der Waals surface area contributed by atoms with Gasteiger partial charge in [-0.25, -0.2) is 19.6 Å². The van der Waals surface area contributed by atoms with Crippen LogP contribution in [0, 0.1) is 5.92 Å². The third kappa shape index (κ3) is 6.37. The summed E-state index contributed by atoms with van der Waals surface area (Å²) in [6, 6.07) is 0. The summed E-state index contributed by atoms with van der Waals surface area (Å²) in [4.78, 5) is 43.8. The van der Waals surface area contributed by atoms with E-state index in [9.17, 15) is 9.59 Å². The number of fused-ring (bicyclic) bond motifs is 1. The zero-order valence-corrected chi connectivity index (χ0v) is 24.6. The van der Waals surface area contributed by atoms with Crippen molar-refractivity contribution in [2.75, 3.05) is 23.7 Å². The van der Waals surface area contributed by atoms with Gasteiger partial charge in [-0.1, -0.05) is 33.8 Å². The maximum atomic E-state index is 13.3. The van der Waals surface area contributed by atoms with Crippen molar-refractivity contribution in [3.63, 3.8) is 0 Å². The lowest BCUT2D eigenvalue weighted by Crippen LogP contribution is -2.51. The molecular weight excluding hydrogens is 558 g/mol. The first-order valence-corrected chi connectivity index (χ1v) is 14.1. The highest BCUT2D eigenvalue weighted by Crippen LogP contribution is 2.47. The molecule has 11 heteroatoms. The summed E-state index contributed by atoms with van der Waals surface area (Å²) in [5, 5.41) is 0.285. The average Bonchev–Trinajstić information content (AvgIpc) is 3.18. The number of aliphatic imine (C=N–C) groups is 1. The summed E-state index contributed by atoms with van der Waals surface area (Å²) in [5.74, 6) is 1.59. The number of nitrogens with zero attached hydrogens (tertiary/aromatic N) is 5. The van der Waals surface area contributed by atoms with Crippen molar-refractivity contribution >= 4 is 50.9 Å². The molecule has 37 heavy (non-hydrogen) atoms. The number of rotatable bonds is 2. The third-order valence-corrected chi connectivity index (χ3v) is 7.75. The highest BCUT2D eigenvalue weighted by Gasteiger charge is 2.53. The Hall–Kier alpha value is -2.40. The first-order chi connectivity index (χ1) is 17.3. The number of imide groups is 1. The van der Waals surface area contributed by atoms with E-state index in [2.05, 4.69) is 42.9 Å². The Morgan fingerprint density at radius 1 is 1.14 bits per heavy atom. The van der Waals surface area contributed by atoms with Crippen molar-refractivity contribution in [2.45, 2.75) is 71.1 Å². The van der Waals surface area contributed by atoms with Gasteiger partial charge in [0.1, 0.15) is 22.6 Å². The predicted octanol–water partition coefficient (Wildman–Crippen LogP) is 5.93. The maximum Gasteiger partial charge on any atom is 0.426 e. The van der Waals surface area contributed by atoms with Crippen LogP contribution in [0.2, 0.25) is 0 Å². The highest BCUT2D eigenvalue weighted by molar-refractivity contribution is 9.11. The lowest BCUT2D eigenvalue weighted by Gasteiger charge is -2.39. The van der Waals surface area contributed by atoms with Gasteiger partial charge in [0.2, 0.25) is 0 Å². The van der Waals surface area contributed by atoms with Crippen LogP contribution in [0.3, 0.4) is 0 Å². The largest absolute Gasteiger partial charge is 0.443 e. The zero-order chi connectivity index (χ0) is 27.0. The Morgan fingerprint density at radius 2 is 1.81 bits per heavy atom. The molecule has 0 spiro atoms. The minimum absolute atomic E-state index is 0.145. The van der Waals surface area contributed by atoms with Gasteiger partial charge in [0, 0.05) is 41.6 Å². The molecule has 1 fully saturated rings. The molecule has 1 aromatic rings. The summed E-state index contributed by atoms with van der Waals surface area (Å²) in [5.41, 5.74) is -1.08. The van der Waals surface area contributed by atoms with Gasteiger partial charge in [-0.15, -0.1) is 0 Å². The molecule has 0 aromatic carbocycles. The number of amidine groups is 1. The number of thioether (sulfide) groups is 1. The topological polar surface area (TPSA) is 97.2 Å². The number of allylic oxidation sites excluding steroid dienone is 3. The van der Waals surface area contributed by atoms with Gasteiger partial charge >= 0.3 is 12.2 Å². The standard InChI is InChI=1S/C26H34BrN5O4S/c1-24(2,3)35-22(33)32(23(34)36-25(4,5)6)21-30-26(17-8-7-9-19(27)12-17)16-31(14-18(26)15-37-21)20-13-28-10-11-29-20/h9-13,18H,7-8,14-16H2,1-6H3/t18-,26?/m0/s1. The summed E-state index contributed by atoms with van der Waals surface area (Å²) in [6.45, 7) is 11.9. The van der Waals surface area contributed by atoms with Crippen LogP contribution in [-0.4, -0.2) is 67.8 Å². The molecule has 4 rings (SSSR count). The number of aromatic nitrogens is 2. The van der Waals surface area contributed by atoms with Crippen LogP contribution in [0.15, 0.2) is 45.8 Å². The van der Waals surface area contributed by atoms with E-state index in [1.165, 1.54) is 11.8 Å². The number of hydrogen-bond donors (Lipinski definition) is 0. The summed E-state index contributed by atoms with van der Waals surface area (Å²) < 4.78 is 12.2. The summed E-state index contributed by atoms with van der Waals surface area (Å²) in [6.07, 6.45) is 9.46. The van der Waals surface area contributed by atoms with Crippen molar-refractivity contribution < 1.29 is 19.1 Å². The summed E-state index contributed by atoms with van der Waals surface area (Å²) >= 11 is 5.02. The molecule has 0 saturated carbocycles. The first kappa shape index (κ1) is 27.6. The number of anilines is 1. The van der Waals surface area contributed by atoms with Crippen LogP contribution >= 0.6 is 27.7 Å². The Morgan fingerprint density at radius 3 is 2.38 bits per heavy atom. The fourth-order valence-corrected chi connectivity index (χ4v) is 6.37. The molecule has 1 aromatic heterocycles. The van der Waals surface area contributed by atoms with Crippen LogP contribution < -0.4 is 4.90 Å². The van der Waals surface area contributed by atoms with E-state index >= 15 is 0 Å². The molecule has 2 atom stereocenters. The fraction of sp³-hybridized carbons (Fsp3) is 0.577. The Balaban J connectivity index is 1.79. The maximum absolute atomic E-state index is 13.3. The number of amides is 2. The molecule has 3 aliphatic rings. The Bertz CT molecular complexity index is 1110. The molecule has 1 aliphatic carbocycles. The molecule has 1 saturated heterocycles. The van der Waals surface area contributed by atoms with E-state index in [1.54, 1.807) is 60.1 Å². The van der Waals surface area contributed by atoms with Gasteiger partial charge in [-0.2, -0.15) is 4.90 Å². The van der Waals surface area contributed by atoms with E-state index in [4.69, 9.17) is 14.5 Å². The van der Waals surface area contributed by atoms with Crippen molar-refractivity contribution in [3.05, 3.63) is 40.8 Å². The SMILES string of the molecule is CC(C)(C)OC(=O)N(C(=O)OC(C)(C)C)C1=NC2(C3=CC(Br)=CCC3)CN(c3cnccn3)C[C@H]2CS1. The molecule has 3 heterocycles. The van der Waals surface area contributed by atoms with Crippen LogP contribution in [0.25, 0.3) is 0 Å². The predicted molar refractivity (Wildman–Crippen MR) is 149 cm³/mol. The normalized spacial score (nSPS) is 23.9. The van der Waals surface area contributed by atoms with Gasteiger partial charge < -0.3 is 14.4 Å². The molecule has 0 N–H and O–H groups in total. The van der Waals surface area contributed by atoms with Crippen LogP contribution in [-0.2, 0) is 9.47 Å². The van der Waals surface area contributed by atoms with Gasteiger partial charge in [0.05, 0.1) is 6.20 Å². The number of carbonyl (C=O) groups excluding carboxylic acids is 2. The molecule has 1 unspecified atom stereocenters. The second-order valence-corrected chi connectivity index (χ2v) is 13.3. The van der Waals surface area contributed by atoms with Crippen molar-refractivity contribution in [2.24, 2.45) is 10.9 Å². The molecule has 9 nitrogen and oxygen atoms in total. The fourth-order valence-electron chi connectivity index (χ4n) is 4.63. The second-order valence-electron chi connectivity index (χ2n) is 11.4. The van der Waals surface area contributed by atoms with Gasteiger partial charge in [-0.3, -0.25) is 4.98 Å². The van der Waals surface area contributed by atoms with E-state index < -0.39 is 28.9 Å². The number of hydrogen-bond acceptors (Lipinski definition) is 9. The molecule has 2 aliphatic heterocycles. The average molecular weight is 593 g/mol. The molecular formula is C26H34BrN5O4S. The zero-order valence-electron chi connectivity index (χ0n) is 22.2. The Kier molecular flexibility index (Phi) is 7.77. The Labute approximate surface area is 230 Å².